The highest BCUT2D eigenvalue weighted by Gasteiger charge is 2.28. The van der Waals surface area contributed by atoms with Gasteiger partial charge in [-0.25, -0.2) is 8.42 Å². The van der Waals surface area contributed by atoms with Crippen LogP contribution in [0.3, 0.4) is 0 Å². The van der Waals surface area contributed by atoms with E-state index in [0.29, 0.717) is 26.1 Å². The van der Waals surface area contributed by atoms with Gasteiger partial charge in [-0.2, -0.15) is 0 Å². The van der Waals surface area contributed by atoms with Crippen molar-refractivity contribution in [2.45, 2.75) is 30.8 Å². The number of sulfone groups is 1. The predicted molar refractivity (Wildman–Crippen MR) is 75.3 cm³/mol. The Balaban J connectivity index is 2.18. The average Bonchev–Trinajstić information content (AvgIpc) is 2.35. The quantitative estimate of drug-likeness (QED) is 0.854. The van der Waals surface area contributed by atoms with E-state index in [1.165, 1.54) is 0 Å². The first-order valence-corrected chi connectivity index (χ1v) is 8.54. The molecule has 0 bridgehead atoms. The van der Waals surface area contributed by atoms with E-state index in [9.17, 15) is 8.42 Å². The SMILES string of the molecule is Cc1ccc(Br)cc1CS(=O)(=O)C1CCOCC1. The van der Waals surface area contributed by atoms with Crippen LogP contribution in [0.1, 0.15) is 24.0 Å². The molecule has 0 unspecified atom stereocenters. The summed E-state index contributed by atoms with van der Waals surface area (Å²) in [5.41, 5.74) is 1.91. The Hall–Kier alpha value is -0.390. The van der Waals surface area contributed by atoms with Gasteiger partial charge >= 0.3 is 0 Å². The molecule has 1 saturated heterocycles. The van der Waals surface area contributed by atoms with Crippen molar-refractivity contribution in [3.05, 3.63) is 33.8 Å². The first kappa shape index (κ1) is 14.0. The molecule has 0 aliphatic carbocycles. The molecule has 0 radical (unpaired) electrons. The Bertz CT molecular complexity index is 519. The van der Waals surface area contributed by atoms with Crippen molar-refractivity contribution >= 4 is 25.8 Å². The lowest BCUT2D eigenvalue weighted by Gasteiger charge is -2.22. The van der Waals surface area contributed by atoms with E-state index in [0.717, 1.165) is 15.6 Å². The number of rotatable bonds is 3. The molecule has 0 N–H and O–H groups in total. The molecule has 0 saturated carbocycles. The molecule has 0 aromatic heterocycles. The van der Waals surface area contributed by atoms with Gasteiger partial charge in [-0.15, -0.1) is 0 Å². The molecule has 0 spiro atoms. The maximum Gasteiger partial charge on any atom is 0.157 e. The number of benzene rings is 1. The maximum atomic E-state index is 12.3. The lowest BCUT2D eigenvalue weighted by atomic mass is 10.1. The Morgan fingerprint density at radius 2 is 2.00 bits per heavy atom. The topological polar surface area (TPSA) is 43.4 Å². The first-order valence-electron chi connectivity index (χ1n) is 6.03. The van der Waals surface area contributed by atoms with Gasteiger partial charge in [0.05, 0.1) is 11.0 Å². The number of hydrogen-bond acceptors (Lipinski definition) is 3. The monoisotopic (exact) mass is 332 g/mol. The van der Waals surface area contributed by atoms with Crippen LogP contribution >= 0.6 is 15.9 Å². The molecule has 18 heavy (non-hydrogen) atoms. The Morgan fingerprint density at radius 3 is 2.67 bits per heavy atom. The second-order valence-corrected chi connectivity index (χ2v) is 7.89. The molecule has 100 valence electrons. The third-order valence-electron chi connectivity index (χ3n) is 3.34. The van der Waals surface area contributed by atoms with E-state index < -0.39 is 9.84 Å². The highest BCUT2D eigenvalue weighted by atomic mass is 79.9. The number of hydrogen-bond donors (Lipinski definition) is 0. The van der Waals surface area contributed by atoms with Crippen molar-refractivity contribution in [2.24, 2.45) is 0 Å². The molecule has 1 aliphatic heterocycles. The minimum atomic E-state index is -3.08. The lowest BCUT2D eigenvalue weighted by molar-refractivity contribution is 0.0983. The van der Waals surface area contributed by atoms with Crippen molar-refractivity contribution < 1.29 is 13.2 Å². The summed E-state index contributed by atoms with van der Waals surface area (Å²) in [7, 11) is -3.08. The van der Waals surface area contributed by atoms with Crippen LogP contribution in [-0.4, -0.2) is 26.9 Å². The molecule has 0 amide bonds. The van der Waals surface area contributed by atoms with Crippen LogP contribution in [0.2, 0.25) is 0 Å². The van der Waals surface area contributed by atoms with Crippen LogP contribution in [0.25, 0.3) is 0 Å². The molecule has 0 atom stereocenters. The molecule has 3 nitrogen and oxygen atoms in total. The van der Waals surface area contributed by atoms with Crippen molar-refractivity contribution in [1.82, 2.24) is 0 Å². The van der Waals surface area contributed by atoms with Crippen molar-refractivity contribution in [1.29, 1.82) is 0 Å². The summed E-state index contributed by atoms with van der Waals surface area (Å²) >= 11 is 3.39. The zero-order valence-corrected chi connectivity index (χ0v) is 12.8. The minimum Gasteiger partial charge on any atom is -0.381 e. The van der Waals surface area contributed by atoms with Crippen LogP contribution in [0.15, 0.2) is 22.7 Å². The fourth-order valence-electron chi connectivity index (χ4n) is 2.17. The Morgan fingerprint density at radius 1 is 1.33 bits per heavy atom. The maximum absolute atomic E-state index is 12.3. The van der Waals surface area contributed by atoms with E-state index in [4.69, 9.17) is 4.74 Å². The zero-order valence-electron chi connectivity index (χ0n) is 10.4. The summed E-state index contributed by atoms with van der Waals surface area (Å²) in [5, 5.41) is -0.246. The van der Waals surface area contributed by atoms with Crippen molar-refractivity contribution in [2.75, 3.05) is 13.2 Å². The predicted octanol–water partition coefficient (Wildman–Crippen LogP) is 2.85. The van der Waals surface area contributed by atoms with E-state index in [1.807, 2.05) is 25.1 Å². The zero-order chi connectivity index (χ0) is 13.2. The molecule has 1 aromatic rings. The van der Waals surface area contributed by atoms with Gasteiger partial charge in [0.2, 0.25) is 0 Å². The third kappa shape index (κ3) is 3.33. The number of aryl methyl sites for hydroxylation is 1. The molecule has 1 aromatic carbocycles. The van der Waals surface area contributed by atoms with E-state index in [-0.39, 0.29) is 11.0 Å². The molecule has 1 fully saturated rings. The van der Waals surface area contributed by atoms with Gasteiger partial charge in [0.25, 0.3) is 0 Å². The van der Waals surface area contributed by atoms with Crippen LogP contribution in [0.4, 0.5) is 0 Å². The van der Waals surface area contributed by atoms with Crippen molar-refractivity contribution in [3.8, 4) is 0 Å². The van der Waals surface area contributed by atoms with Gasteiger partial charge in [0, 0.05) is 17.7 Å². The largest absolute Gasteiger partial charge is 0.381 e. The molecule has 2 rings (SSSR count). The molecule has 1 aliphatic rings. The molecular weight excluding hydrogens is 316 g/mol. The van der Waals surface area contributed by atoms with Gasteiger partial charge in [-0.05, 0) is 43.0 Å². The van der Waals surface area contributed by atoms with Gasteiger partial charge < -0.3 is 4.74 Å². The fourth-order valence-corrected chi connectivity index (χ4v) is 4.46. The summed E-state index contributed by atoms with van der Waals surface area (Å²) in [6.07, 6.45) is 1.24. The average molecular weight is 333 g/mol. The van der Waals surface area contributed by atoms with Gasteiger partial charge in [-0.1, -0.05) is 22.0 Å². The highest BCUT2D eigenvalue weighted by molar-refractivity contribution is 9.10. The van der Waals surface area contributed by atoms with E-state index in [1.54, 1.807) is 0 Å². The standard InChI is InChI=1S/C13H17BrO3S/c1-10-2-3-12(14)8-11(10)9-18(15,16)13-4-6-17-7-5-13/h2-3,8,13H,4-7,9H2,1H3. The number of halogens is 1. The fraction of sp³-hybridized carbons (Fsp3) is 0.538. The second-order valence-electron chi connectivity index (χ2n) is 4.69. The lowest BCUT2D eigenvalue weighted by Crippen LogP contribution is -2.30. The van der Waals surface area contributed by atoms with E-state index in [2.05, 4.69) is 15.9 Å². The van der Waals surface area contributed by atoms with Crippen LogP contribution in [-0.2, 0) is 20.3 Å². The van der Waals surface area contributed by atoms with Crippen LogP contribution in [0, 0.1) is 6.92 Å². The van der Waals surface area contributed by atoms with Gasteiger partial charge in [-0.3, -0.25) is 0 Å². The summed E-state index contributed by atoms with van der Waals surface area (Å²) in [5.74, 6) is 0.128. The van der Waals surface area contributed by atoms with Crippen LogP contribution < -0.4 is 0 Å². The smallest absolute Gasteiger partial charge is 0.157 e. The minimum absolute atomic E-state index is 0.128. The van der Waals surface area contributed by atoms with Gasteiger partial charge in [0.15, 0.2) is 9.84 Å². The normalized spacial score (nSPS) is 17.9. The third-order valence-corrected chi connectivity index (χ3v) is 6.04. The molecule has 5 heteroatoms. The second kappa shape index (κ2) is 5.72. The Labute approximate surface area is 117 Å². The summed E-state index contributed by atoms with van der Waals surface area (Å²) in [4.78, 5) is 0. The summed E-state index contributed by atoms with van der Waals surface area (Å²) < 4.78 is 30.8. The molecule has 1 heterocycles. The highest BCUT2D eigenvalue weighted by Crippen LogP contribution is 2.23. The first-order chi connectivity index (χ1) is 8.49. The summed E-state index contributed by atoms with van der Waals surface area (Å²) in [6, 6.07) is 5.77. The van der Waals surface area contributed by atoms with E-state index >= 15 is 0 Å². The number of ether oxygens (including phenoxy) is 1. The molecular formula is C13H17BrO3S. The van der Waals surface area contributed by atoms with Gasteiger partial charge in [0.1, 0.15) is 0 Å². The van der Waals surface area contributed by atoms with Crippen molar-refractivity contribution in [3.63, 3.8) is 0 Å². The van der Waals surface area contributed by atoms with Crippen LogP contribution in [0.5, 0.6) is 0 Å². The summed E-state index contributed by atoms with van der Waals surface area (Å²) in [6.45, 7) is 3.06. The Kier molecular flexibility index (Phi) is 4.45.